The van der Waals surface area contributed by atoms with E-state index in [0.717, 1.165) is 11.1 Å². The minimum atomic E-state index is -0.325. The van der Waals surface area contributed by atoms with Crippen LogP contribution in [-0.4, -0.2) is 33.9 Å². The fourth-order valence-electron chi connectivity index (χ4n) is 3.21. The van der Waals surface area contributed by atoms with E-state index in [1.807, 2.05) is 24.3 Å². The zero-order valence-electron chi connectivity index (χ0n) is 15.4. The number of methoxy groups -OCH3 is 3. The lowest BCUT2D eigenvalue weighted by Crippen LogP contribution is -2.22. The maximum absolute atomic E-state index is 12.2. The highest BCUT2D eigenvalue weighted by Crippen LogP contribution is 2.52. The number of carbonyl (C=O) groups excluding carboxylic acids is 1. The number of fused-ring (bicyclic) bond motifs is 1. The van der Waals surface area contributed by atoms with Crippen LogP contribution < -0.4 is 23.7 Å². The molecule has 2 aromatic carbocycles. The van der Waals surface area contributed by atoms with Crippen LogP contribution in [0.25, 0.3) is 0 Å². The summed E-state index contributed by atoms with van der Waals surface area (Å²) in [6, 6.07) is 9.08. The minimum absolute atomic E-state index is 0.184. The molecule has 6 nitrogen and oxygen atoms in total. The molecule has 0 bridgehead atoms. The van der Waals surface area contributed by atoms with Gasteiger partial charge in [0.1, 0.15) is 18.1 Å². The van der Waals surface area contributed by atoms with Crippen LogP contribution in [0.2, 0.25) is 0 Å². The summed E-state index contributed by atoms with van der Waals surface area (Å²) in [7, 11) is 4.59. The van der Waals surface area contributed by atoms with E-state index in [-0.39, 0.29) is 24.9 Å². The van der Waals surface area contributed by atoms with Crippen molar-refractivity contribution in [3.8, 4) is 41.1 Å². The molecule has 0 radical (unpaired) electrons. The van der Waals surface area contributed by atoms with E-state index in [1.54, 1.807) is 13.2 Å². The largest absolute Gasteiger partial charge is 0.493 e. The summed E-state index contributed by atoms with van der Waals surface area (Å²) in [6.07, 6.45) is 5.40. The van der Waals surface area contributed by atoms with Gasteiger partial charge in [-0.2, -0.15) is 0 Å². The quantitative estimate of drug-likeness (QED) is 0.443. The summed E-state index contributed by atoms with van der Waals surface area (Å²) in [6.45, 7) is 0.197. The Morgan fingerprint density at radius 2 is 1.81 bits per heavy atom. The first-order chi connectivity index (χ1) is 13.1. The second-order valence-electron chi connectivity index (χ2n) is 5.85. The summed E-state index contributed by atoms with van der Waals surface area (Å²) in [5.74, 6) is 4.28. The molecule has 0 amide bonds. The standard InChI is InChI=1S/C21H20O6/c1-5-10-26-14-8-6-13(7-9-14)15-11-18(22)27-16-12-17(23-2)20(24-3)21(25-4)19(15)16/h1,6-9,12,15H,10-11H2,2-4H3/t15-/m1/s1. The van der Waals surface area contributed by atoms with Crippen LogP contribution in [0.1, 0.15) is 23.5 Å². The number of ether oxygens (including phenoxy) is 5. The van der Waals surface area contributed by atoms with Crippen molar-refractivity contribution >= 4 is 5.97 Å². The van der Waals surface area contributed by atoms with Crippen LogP contribution >= 0.6 is 0 Å². The van der Waals surface area contributed by atoms with E-state index in [2.05, 4.69) is 5.92 Å². The molecule has 0 N–H and O–H groups in total. The lowest BCUT2D eigenvalue weighted by Gasteiger charge is -2.28. The van der Waals surface area contributed by atoms with Crippen molar-refractivity contribution < 1.29 is 28.5 Å². The Labute approximate surface area is 157 Å². The van der Waals surface area contributed by atoms with E-state index < -0.39 is 0 Å². The Kier molecular flexibility index (Phi) is 5.41. The lowest BCUT2D eigenvalue weighted by molar-refractivity contribution is -0.135. The molecule has 6 heteroatoms. The monoisotopic (exact) mass is 368 g/mol. The van der Waals surface area contributed by atoms with Crippen molar-refractivity contribution in [1.82, 2.24) is 0 Å². The van der Waals surface area contributed by atoms with Gasteiger partial charge in [-0.3, -0.25) is 4.79 Å². The second kappa shape index (κ2) is 7.92. The van der Waals surface area contributed by atoms with Crippen LogP contribution in [0.5, 0.6) is 28.7 Å². The number of carbonyl (C=O) groups is 1. The number of benzene rings is 2. The molecule has 0 unspecified atom stereocenters. The Morgan fingerprint density at radius 1 is 1.11 bits per heavy atom. The van der Waals surface area contributed by atoms with Crippen molar-refractivity contribution in [2.45, 2.75) is 12.3 Å². The average Bonchev–Trinajstić information content (AvgIpc) is 2.70. The molecule has 1 atom stereocenters. The first-order valence-corrected chi connectivity index (χ1v) is 8.32. The van der Waals surface area contributed by atoms with Gasteiger partial charge in [-0.15, -0.1) is 6.42 Å². The Bertz CT molecular complexity index is 879. The van der Waals surface area contributed by atoms with Crippen LogP contribution in [0, 0.1) is 12.3 Å². The van der Waals surface area contributed by atoms with Crippen molar-refractivity contribution in [2.75, 3.05) is 27.9 Å². The first-order valence-electron chi connectivity index (χ1n) is 8.32. The molecule has 0 fully saturated rings. The zero-order chi connectivity index (χ0) is 19.4. The van der Waals surface area contributed by atoms with Gasteiger partial charge in [0.15, 0.2) is 11.5 Å². The van der Waals surface area contributed by atoms with Gasteiger partial charge >= 0.3 is 5.97 Å². The number of hydrogen-bond donors (Lipinski definition) is 0. The fourth-order valence-corrected chi connectivity index (χ4v) is 3.21. The van der Waals surface area contributed by atoms with Gasteiger partial charge in [-0.1, -0.05) is 18.1 Å². The Hall–Kier alpha value is -3.33. The van der Waals surface area contributed by atoms with Gasteiger partial charge in [0.2, 0.25) is 5.75 Å². The lowest BCUT2D eigenvalue weighted by atomic mass is 9.85. The predicted octanol–water partition coefficient (Wildman–Crippen LogP) is 3.17. The second-order valence-corrected chi connectivity index (χ2v) is 5.85. The number of terminal acetylenes is 1. The van der Waals surface area contributed by atoms with Gasteiger partial charge in [0.25, 0.3) is 0 Å². The van der Waals surface area contributed by atoms with Gasteiger partial charge in [0.05, 0.1) is 27.8 Å². The molecular formula is C21H20O6. The maximum atomic E-state index is 12.2. The molecule has 1 aliphatic heterocycles. The van der Waals surface area contributed by atoms with Crippen molar-refractivity contribution in [2.24, 2.45) is 0 Å². The summed E-state index contributed by atoms with van der Waals surface area (Å²) < 4.78 is 27.3. The van der Waals surface area contributed by atoms with Crippen molar-refractivity contribution in [3.05, 3.63) is 41.5 Å². The Balaban J connectivity index is 2.09. The van der Waals surface area contributed by atoms with Gasteiger partial charge in [-0.05, 0) is 17.7 Å². The maximum Gasteiger partial charge on any atom is 0.312 e. The highest BCUT2D eigenvalue weighted by Gasteiger charge is 2.35. The summed E-state index contributed by atoms with van der Waals surface area (Å²) in [5, 5.41) is 0. The molecule has 2 aromatic rings. The molecule has 1 heterocycles. The third-order valence-corrected chi connectivity index (χ3v) is 4.38. The molecule has 27 heavy (non-hydrogen) atoms. The third-order valence-electron chi connectivity index (χ3n) is 4.38. The molecule has 0 spiro atoms. The summed E-state index contributed by atoms with van der Waals surface area (Å²) >= 11 is 0. The fraction of sp³-hybridized carbons (Fsp3) is 0.286. The van der Waals surface area contributed by atoms with E-state index in [4.69, 9.17) is 30.1 Å². The molecule has 140 valence electrons. The highest BCUT2D eigenvalue weighted by atomic mass is 16.5. The van der Waals surface area contributed by atoms with Gasteiger partial charge in [-0.25, -0.2) is 0 Å². The smallest absolute Gasteiger partial charge is 0.312 e. The molecule has 0 saturated carbocycles. The molecule has 3 rings (SSSR count). The van der Waals surface area contributed by atoms with Crippen LogP contribution in [0.4, 0.5) is 0 Å². The third kappa shape index (κ3) is 3.49. The molecular weight excluding hydrogens is 348 g/mol. The summed E-state index contributed by atoms with van der Waals surface area (Å²) in [4.78, 5) is 12.2. The molecule has 0 saturated heterocycles. The normalized spacial score (nSPS) is 15.2. The van der Waals surface area contributed by atoms with E-state index in [0.29, 0.717) is 28.7 Å². The highest BCUT2D eigenvalue weighted by molar-refractivity contribution is 5.80. The Morgan fingerprint density at radius 3 is 2.41 bits per heavy atom. The minimum Gasteiger partial charge on any atom is -0.493 e. The zero-order valence-corrected chi connectivity index (χ0v) is 15.4. The predicted molar refractivity (Wildman–Crippen MR) is 99.0 cm³/mol. The van der Waals surface area contributed by atoms with E-state index >= 15 is 0 Å². The van der Waals surface area contributed by atoms with Gasteiger partial charge in [0, 0.05) is 17.5 Å². The van der Waals surface area contributed by atoms with E-state index in [1.165, 1.54) is 14.2 Å². The van der Waals surface area contributed by atoms with Gasteiger partial charge < -0.3 is 23.7 Å². The van der Waals surface area contributed by atoms with Crippen molar-refractivity contribution in [1.29, 1.82) is 0 Å². The number of esters is 1. The molecule has 0 aliphatic carbocycles. The average molecular weight is 368 g/mol. The van der Waals surface area contributed by atoms with Crippen LogP contribution in [0.15, 0.2) is 30.3 Å². The SMILES string of the molecule is C#CCOc1ccc([C@H]2CC(=O)Oc3cc(OC)c(OC)c(OC)c32)cc1. The summed E-state index contributed by atoms with van der Waals surface area (Å²) in [5.41, 5.74) is 1.67. The van der Waals surface area contributed by atoms with Crippen molar-refractivity contribution in [3.63, 3.8) is 0 Å². The molecule has 0 aromatic heterocycles. The van der Waals surface area contributed by atoms with Crippen LogP contribution in [-0.2, 0) is 4.79 Å². The number of hydrogen-bond acceptors (Lipinski definition) is 6. The number of rotatable bonds is 6. The van der Waals surface area contributed by atoms with E-state index in [9.17, 15) is 4.79 Å². The van der Waals surface area contributed by atoms with Crippen LogP contribution in [0.3, 0.4) is 0 Å². The first kappa shape index (κ1) is 18.5. The topological polar surface area (TPSA) is 63.2 Å². The molecule has 1 aliphatic rings.